The third-order valence-electron chi connectivity index (χ3n) is 3.13. The summed E-state index contributed by atoms with van der Waals surface area (Å²) in [6.45, 7) is 6.37. The fourth-order valence-electron chi connectivity index (χ4n) is 2.30. The van der Waals surface area contributed by atoms with Crippen LogP contribution in [0.3, 0.4) is 0 Å². The second-order valence-corrected chi connectivity index (χ2v) is 6.89. The van der Waals surface area contributed by atoms with E-state index >= 15 is 0 Å². The van der Waals surface area contributed by atoms with Crippen molar-refractivity contribution in [1.82, 2.24) is 14.3 Å². The molecule has 0 aliphatic carbocycles. The van der Waals surface area contributed by atoms with Gasteiger partial charge in [0.05, 0.1) is 6.61 Å². The first-order valence-corrected chi connectivity index (χ1v) is 8.40. The number of piperidine rings is 1. The zero-order chi connectivity index (χ0) is 14.3. The van der Waals surface area contributed by atoms with Crippen LogP contribution in [0.5, 0.6) is 0 Å². The summed E-state index contributed by atoms with van der Waals surface area (Å²) >= 11 is 0. The van der Waals surface area contributed by atoms with E-state index in [1.807, 2.05) is 13.8 Å². The Hall–Kier alpha value is -0.210. The molecule has 1 atom stereocenters. The van der Waals surface area contributed by atoms with Crippen molar-refractivity contribution in [2.24, 2.45) is 0 Å². The molecule has 0 bridgehead atoms. The number of nitrogens with one attached hydrogen (secondary N) is 2. The summed E-state index contributed by atoms with van der Waals surface area (Å²) in [7, 11) is -1.70. The average molecular weight is 293 g/mol. The highest BCUT2D eigenvalue weighted by Crippen LogP contribution is 2.19. The van der Waals surface area contributed by atoms with Gasteiger partial charge >= 0.3 is 0 Å². The minimum absolute atomic E-state index is 0.0434. The molecule has 1 rings (SSSR count). The van der Waals surface area contributed by atoms with Gasteiger partial charge in [0.1, 0.15) is 0 Å². The Morgan fingerprint density at radius 2 is 2.11 bits per heavy atom. The lowest BCUT2D eigenvalue weighted by Crippen LogP contribution is -2.53. The fraction of sp³-hybridized carbons (Fsp3) is 1.00. The molecule has 0 radical (unpaired) electrons. The Morgan fingerprint density at radius 3 is 2.74 bits per heavy atom. The van der Waals surface area contributed by atoms with Gasteiger partial charge in [0.2, 0.25) is 0 Å². The molecule has 0 aromatic rings. The molecule has 2 N–H and O–H groups in total. The largest absolute Gasteiger partial charge is 0.383 e. The molecular weight excluding hydrogens is 266 g/mol. The average Bonchev–Trinajstić information content (AvgIpc) is 2.33. The molecule has 1 heterocycles. The molecule has 1 fully saturated rings. The summed E-state index contributed by atoms with van der Waals surface area (Å²) in [6, 6.07) is -0.0316. The lowest BCUT2D eigenvalue weighted by atomic mass is 10.1. The molecule has 0 spiro atoms. The Morgan fingerprint density at radius 1 is 1.37 bits per heavy atom. The van der Waals surface area contributed by atoms with Gasteiger partial charge in [0.15, 0.2) is 0 Å². The molecule has 7 heteroatoms. The lowest BCUT2D eigenvalue weighted by molar-refractivity contribution is 0.191. The number of methoxy groups -OCH3 is 1. The van der Waals surface area contributed by atoms with Gasteiger partial charge in [0, 0.05) is 38.8 Å². The first-order chi connectivity index (χ1) is 8.97. The van der Waals surface area contributed by atoms with Gasteiger partial charge in [-0.25, -0.2) is 0 Å². The van der Waals surface area contributed by atoms with Gasteiger partial charge in [-0.05, 0) is 26.7 Å². The maximum atomic E-state index is 12.3. The van der Waals surface area contributed by atoms with Crippen LogP contribution in [0.25, 0.3) is 0 Å². The highest BCUT2D eigenvalue weighted by Gasteiger charge is 2.32. The van der Waals surface area contributed by atoms with Gasteiger partial charge in [-0.15, -0.1) is 0 Å². The highest BCUT2D eigenvalue weighted by atomic mass is 32.2. The van der Waals surface area contributed by atoms with Gasteiger partial charge in [-0.1, -0.05) is 6.42 Å². The maximum absolute atomic E-state index is 12.3. The summed E-state index contributed by atoms with van der Waals surface area (Å²) in [5, 5.41) is 3.25. The van der Waals surface area contributed by atoms with E-state index in [-0.39, 0.29) is 12.1 Å². The van der Waals surface area contributed by atoms with Gasteiger partial charge in [-0.2, -0.15) is 17.4 Å². The van der Waals surface area contributed by atoms with E-state index in [4.69, 9.17) is 4.74 Å². The molecule has 0 aromatic heterocycles. The zero-order valence-electron chi connectivity index (χ0n) is 12.2. The maximum Gasteiger partial charge on any atom is 0.279 e. The minimum Gasteiger partial charge on any atom is -0.383 e. The van der Waals surface area contributed by atoms with E-state index in [1.54, 1.807) is 11.4 Å². The van der Waals surface area contributed by atoms with Crippen molar-refractivity contribution in [1.29, 1.82) is 0 Å². The molecule has 0 amide bonds. The number of hydrogen-bond acceptors (Lipinski definition) is 4. The number of rotatable bonds is 8. The first kappa shape index (κ1) is 16.8. The van der Waals surface area contributed by atoms with Crippen LogP contribution in [-0.2, 0) is 14.9 Å². The minimum atomic E-state index is -3.36. The van der Waals surface area contributed by atoms with E-state index in [0.717, 1.165) is 25.8 Å². The van der Waals surface area contributed by atoms with E-state index < -0.39 is 10.2 Å². The van der Waals surface area contributed by atoms with Crippen LogP contribution < -0.4 is 10.0 Å². The first-order valence-electron chi connectivity index (χ1n) is 6.96. The topological polar surface area (TPSA) is 70.7 Å². The lowest BCUT2D eigenvalue weighted by Gasteiger charge is -2.35. The summed E-state index contributed by atoms with van der Waals surface area (Å²) in [5.41, 5.74) is 0. The van der Waals surface area contributed by atoms with Crippen molar-refractivity contribution in [3.63, 3.8) is 0 Å². The monoisotopic (exact) mass is 293 g/mol. The van der Waals surface area contributed by atoms with Crippen molar-refractivity contribution >= 4 is 10.2 Å². The Balaban J connectivity index is 2.56. The predicted molar refractivity (Wildman–Crippen MR) is 76.3 cm³/mol. The van der Waals surface area contributed by atoms with Crippen LogP contribution in [0.15, 0.2) is 0 Å². The Labute approximate surface area is 117 Å². The molecular formula is C12H27N3O3S. The molecule has 1 unspecified atom stereocenters. The molecule has 1 aliphatic heterocycles. The SMILES string of the molecule is COCCNCC1CCCCN1S(=O)(=O)NC(C)C. The smallest absolute Gasteiger partial charge is 0.279 e. The van der Waals surface area contributed by atoms with Crippen LogP contribution in [0.1, 0.15) is 33.1 Å². The number of ether oxygens (including phenoxy) is 1. The van der Waals surface area contributed by atoms with Crippen molar-refractivity contribution in [3.05, 3.63) is 0 Å². The molecule has 1 saturated heterocycles. The van der Waals surface area contributed by atoms with Gasteiger partial charge in [0.25, 0.3) is 10.2 Å². The molecule has 114 valence electrons. The number of hydrogen-bond donors (Lipinski definition) is 2. The van der Waals surface area contributed by atoms with Gasteiger partial charge in [-0.3, -0.25) is 0 Å². The van der Waals surface area contributed by atoms with Crippen molar-refractivity contribution in [2.45, 2.75) is 45.2 Å². The molecule has 19 heavy (non-hydrogen) atoms. The summed E-state index contributed by atoms with van der Waals surface area (Å²) in [6.07, 6.45) is 2.94. The molecule has 1 aliphatic rings. The van der Waals surface area contributed by atoms with E-state index in [9.17, 15) is 8.42 Å². The van der Waals surface area contributed by atoms with Crippen LogP contribution in [-0.4, -0.2) is 58.2 Å². The normalized spacial score (nSPS) is 22.0. The van der Waals surface area contributed by atoms with E-state index in [1.165, 1.54) is 0 Å². The van der Waals surface area contributed by atoms with Crippen LogP contribution in [0, 0.1) is 0 Å². The third kappa shape index (κ3) is 5.74. The summed E-state index contributed by atoms with van der Waals surface area (Å²) < 4.78 is 33.8. The van der Waals surface area contributed by atoms with E-state index in [0.29, 0.717) is 19.7 Å². The van der Waals surface area contributed by atoms with Gasteiger partial charge < -0.3 is 10.1 Å². The standard InChI is InChI=1S/C12H27N3O3S/c1-11(2)14-19(16,17)15-8-5-4-6-12(15)10-13-7-9-18-3/h11-14H,4-10H2,1-3H3. The van der Waals surface area contributed by atoms with Crippen molar-refractivity contribution in [2.75, 3.05) is 33.4 Å². The third-order valence-corrected chi connectivity index (χ3v) is 5.00. The van der Waals surface area contributed by atoms with E-state index in [2.05, 4.69) is 10.0 Å². The van der Waals surface area contributed by atoms with Crippen LogP contribution in [0.2, 0.25) is 0 Å². The second-order valence-electron chi connectivity index (χ2n) is 5.23. The summed E-state index contributed by atoms with van der Waals surface area (Å²) in [4.78, 5) is 0. The number of nitrogens with zero attached hydrogens (tertiary/aromatic N) is 1. The Kier molecular flexibility index (Phi) is 7.23. The van der Waals surface area contributed by atoms with Crippen molar-refractivity contribution < 1.29 is 13.2 Å². The van der Waals surface area contributed by atoms with Crippen LogP contribution in [0.4, 0.5) is 0 Å². The van der Waals surface area contributed by atoms with Crippen molar-refractivity contribution in [3.8, 4) is 0 Å². The second kappa shape index (κ2) is 8.16. The Bertz CT molecular complexity index is 346. The summed E-state index contributed by atoms with van der Waals surface area (Å²) in [5.74, 6) is 0. The zero-order valence-corrected chi connectivity index (χ0v) is 13.0. The quantitative estimate of drug-likeness (QED) is 0.632. The highest BCUT2D eigenvalue weighted by molar-refractivity contribution is 7.87. The molecule has 0 aromatic carbocycles. The fourth-order valence-corrected chi connectivity index (χ4v) is 3.98. The molecule has 0 saturated carbocycles. The van der Waals surface area contributed by atoms with Crippen LogP contribution >= 0.6 is 0 Å². The molecule has 6 nitrogen and oxygen atoms in total. The predicted octanol–water partition coefficient (Wildman–Crippen LogP) is 0.320.